The number of ether oxygens (including phenoxy) is 3. The first kappa shape index (κ1) is 35.3. The van der Waals surface area contributed by atoms with Gasteiger partial charge in [0.05, 0.1) is 12.2 Å². The van der Waals surface area contributed by atoms with E-state index in [9.17, 15) is 19.5 Å². The molecule has 262 valence electrons. The van der Waals surface area contributed by atoms with Gasteiger partial charge in [-0.05, 0) is 41.8 Å². The lowest BCUT2D eigenvalue weighted by Gasteiger charge is -2.31. The molecule has 10 heteroatoms. The van der Waals surface area contributed by atoms with Gasteiger partial charge in [0.25, 0.3) is 0 Å². The second-order valence-electron chi connectivity index (χ2n) is 12.3. The van der Waals surface area contributed by atoms with E-state index in [4.69, 9.17) is 19.3 Å². The monoisotopic (exact) mass is 688 g/mol. The van der Waals surface area contributed by atoms with E-state index in [0.717, 1.165) is 22.3 Å². The van der Waals surface area contributed by atoms with Crippen molar-refractivity contribution in [1.29, 1.82) is 0 Å². The van der Waals surface area contributed by atoms with Gasteiger partial charge in [0.1, 0.15) is 24.1 Å². The third kappa shape index (κ3) is 8.43. The third-order valence-corrected chi connectivity index (χ3v) is 8.77. The molecule has 1 saturated heterocycles. The van der Waals surface area contributed by atoms with Crippen LogP contribution in [0.25, 0.3) is 6.08 Å². The Balaban J connectivity index is 1.24. The molecule has 0 aromatic heterocycles. The number of amides is 2. The van der Waals surface area contributed by atoms with Crippen molar-refractivity contribution >= 4 is 23.9 Å². The summed E-state index contributed by atoms with van der Waals surface area (Å²) < 4.78 is 19.7. The molecule has 2 aliphatic rings. The van der Waals surface area contributed by atoms with Gasteiger partial charge in [0.2, 0.25) is 17.6 Å². The molecule has 4 aromatic rings. The molecule has 10 nitrogen and oxygen atoms in total. The number of allylic oxidation sites excluding steroid dienone is 1. The van der Waals surface area contributed by atoms with Crippen molar-refractivity contribution in [3.8, 4) is 5.75 Å². The summed E-state index contributed by atoms with van der Waals surface area (Å²) in [6, 6.07) is 33.1. The van der Waals surface area contributed by atoms with Gasteiger partial charge in [0.15, 0.2) is 0 Å². The Hall–Kier alpha value is -5.55. The van der Waals surface area contributed by atoms with E-state index in [1.54, 1.807) is 36.4 Å². The molecule has 0 radical (unpaired) electrons. The number of aromatic hydroxyl groups is 1. The zero-order chi connectivity index (χ0) is 35.6. The molecule has 1 aliphatic carbocycles. The van der Waals surface area contributed by atoms with Crippen molar-refractivity contribution in [2.75, 3.05) is 19.7 Å². The Labute approximate surface area is 296 Å². The van der Waals surface area contributed by atoms with Crippen molar-refractivity contribution in [2.45, 2.75) is 43.4 Å². The van der Waals surface area contributed by atoms with Crippen LogP contribution >= 0.6 is 0 Å². The van der Waals surface area contributed by atoms with E-state index >= 15 is 0 Å². The summed E-state index contributed by atoms with van der Waals surface area (Å²) in [4.78, 5) is 39.2. The number of esters is 1. The number of benzene rings is 4. The molecule has 1 heterocycles. The summed E-state index contributed by atoms with van der Waals surface area (Å²) in [5.74, 6) is -2.42. The topological polar surface area (TPSA) is 143 Å². The number of para-hydroxylation sites is 1. The van der Waals surface area contributed by atoms with Crippen LogP contribution in [0.15, 0.2) is 127 Å². The molecule has 51 heavy (non-hydrogen) atoms. The number of hydrogen-bond acceptors (Lipinski definition) is 8. The van der Waals surface area contributed by atoms with Crippen LogP contribution < -0.4 is 10.6 Å². The van der Waals surface area contributed by atoms with Crippen LogP contribution in [0, 0.1) is 0 Å². The number of carbonyl (C=O) groups is 3. The van der Waals surface area contributed by atoms with Gasteiger partial charge in [0, 0.05) is 42.6 Å². The van der Waals surface area contributed by atoms with Crippen molar-refractivity contribution in [3.63, 3.8) is 0 Å². The number of rotatable bonds is 13. The fourth-order valence-electron chi connectivity index (χ4n) is 6.26. The predicted octanol–water partition coefficient (Wildman–Crippen LogP) is 4.80. The Kier molecular flexibility index (Phi) is 11.4. The smallest absolute Gasteiger partial charge is 0.338 e. The Morgan fingerprint density at radius 2 is 1.55 bits per heavy atom. The molecule has 2 amide bonds. The molecule has 6 rings (SSSR count). The lowest BCUT2D eigenvalue weighted by molar-refractivity contribution is -0.157. The van der Waals surface area contributed by atoms with Gasteiger partial charge in [-0.15, -0.1) is 0 Å². The normalized spacial score (nSPS) is 19.2. The van der Waals surface area contributed by atoms with E-state index in [1.807, 2.05) is 91.0 Å². The number of aliphatic hydroxyl groups excluding tert-OH is 1. The van der Waals surface area contributed by atoms with Gasteiger partial charge in [-0.2, -0.15) is 0 Å². The number of hydrogen-bond donors (Lipinski definition) is 4. The highest BCUT2D eigenvalue weighted by Crippen LogP contribution is 2.47. The lowest BCUT2D eigenvalue weighted by atomic mass is 9.91. The van der Waals surface area contributed by atoms with Crippen LogP contribution in [-0.2, 0) is 36.0 Å². The van der Waals surface area contributed by atoms with Crippen LogP contribution in [0.5, 0.6) is 5.75 Å². The van der Waals surface area contributed by atoms with E-state index in [1.165, 1.54) is 0 Å². The molecule has 1 aliphatic heterocycles. The standard InChI is InChI=1S/C41H40N2O8/c44-24-23-42-37(46)21-22-43-39(47)31-26-35(49-40(48)30-15-10-12-28(25-30)11-9-14-29-13-7-8-20-34(29)45)38-36(27-31)50-41(51-38,32-16-3-1-4-17-32)33-18-5-2-6-19-33/h1-13,15-20,25,27,35-36,38,44-45H,14,21-24,26H2,(H,42,46)(H,43,47). The van der Waals surface area contributed by atoms with Crippen LogP contribution in [0.2, 0.25) is 0 Å². The molecule has 0 spiro atoms. The van der Waals surface area contributed by atoms with Crippen LogP contribution in [0.3, 0.4) is 0 Å². The number of phenolic OH excluding ortho intramolecular Hbond substituents is 1. The van der Waals surface area contributed by atoms with E-state index in [0.29, 0.717) is 17.6 Å². The predicted molar refractivity (Wildman–Crippen MR) is 190 cm³/mol. The minimum absolute atomic E-state index is 0.0333. The van der Waals surface area contributed by atoms with Gasteiger partial charge < -0.3 is 35.1 Å². The molecular weight excluding hydrogens is 648 g/mol. The van der Waals surface area contributed by atoms with Crippen molar-refractivity contribution in [2.24, 2.45) is 0 Å². The Morgan fingerprint density at radius 3 is 2.25 bits per heavy atom. The fraction of sp³-hybridized carbons (Fsp3) is 0.244. The molecular formula is C41H40N2O8. The maximum Gasteiger partial charge on any atom is 0.338 e. The second-order valence-corrected chi connectivity index (χ2v) is 12.3. The minimum Gasteiger partial charge on any atom is -0.508 e. The molecule has 4 aromatic carbocycles. The maximum atomic E-state index is 13.7. The van der Waals surface area contributed by atoms with Crippen molar-refractivity contribution in [1.82, 2.24) is 10.6 Å². The summed E-state index contributed by atoms with van der Waals surface area (Å²) >= 11 is 0. The van der Waals surface area contributed by atoms with Gasteiger partial charge >= 0.3 is 5.97 Å². The molecule has 3 unspecified atom stereocenters. The van der Waals surface area contributed by atoms with E-state index in [-0.39, 0.29) is 44.2 Å². The average Bonchev–Trinajstić information content (AvgIpc) is 3.57. The molecule has 0 saturated carbocycles. The highest BCUT2D eigenvalue weighted by Gasteiger charge is 2.55. The fourth-order valence-corrected chi connectivity index (χ4v) is 6.26. The highest BCUT2D eigenvalue weighted by molar-refractivity contribution is 5.94. The Bertz CT molecular complexity index is 1850. The first-order chi connectivity index (χ1) is 24.9. The lowest BCUT2D eigenvalue weighted by Crippen LogP contribution is -2.44. The van der Waals surface area contributed by atoms with Crippen LogP contribution in [-0.4, -0.2) is 66.0 Å². The first-order valence-corrected chi connectivity index (χ1v) is 16.9. The van der Waals surface area contributed by atoms with Gasteiger partial charge in [-0.3, -0.25) is 9.59 Å². The van der Waals surface area contributed by atoms with Crippen LogP contribution in [0.1, 0.15) is 45.5 Å². The number of aliphatic hydroxyl groups is 1. The van der Waals surface area contributed by atoms with E-state index in [2.05, 4.69) is 10.6 Å². The highest BCUT2D eigenvalue weighted by atomic mass is 16.8. The Morgan fingerprint density at radius 1 is 0.843 bits per heavy atom. The number of carbonyl (C=O) groups excluding carboxylic acids is 3. The second kappa shape index (κ2) is 16.4. The van der Waals surface area contributed by atoms with Crippen molar-refractivity contribution in [3.05, 3.63) is 155 Å². The molecule has 0 bridgehead atoms. The maximum absolute atomic E-state index is 13.7. The summed E-state index contributed by atoms with van der Waals surface area (Å²) in [5, 5.41) is 24.4. The summed E-state index contributed by atoms with van der Waals surface area (Å²) in [6.07, 6.45) is 3.69. The first-order valence-electron chi connectivity index (χ1n) is 16.9. The zero-order valence-electron chi connectivity index (χ0n) is 27.9. The molecule has 4 N–H and O–H groups in total. The number of fused-ring (bicyclic) bond motifs is 1. The number of phenols is 1. The largest absolute Gasteiger partial charge is 0.508 e. The van der Waals surface area contributed by atoms with Crippen molar-refractivity contribution < 1.29 is 38.8 Å². The van der Waals surface area contributed by atoms with Crippen LogP contribution in [0.4, 0.5) is 0 Å². The average molecular weight is 689 g/mol. The van der Waals surface area contributed by atoms with Gasteiger partial charge in [-0.25, -0.2) is 4.79 Å². The number of nitrogens with one attached hydrogen (secondary N) is 2. The quantitative estimate of drug-likeness (QED) is 0.147. The zero-order valence-corrected chi connectivity index (χ0v) is 27.9. The SMILES string of the molecule is O=C(CCNC(=O)C1=CC2OC(c3ccccc3)(c3ccccc3)OC2C(OC(=O)c2cccc(C=CCc3ccccc3O)c2)C1)NCCO. The minimum atomic E-state index is -1.34. The third-order valence-electron chi connectivity index (χ3n) is 8.77. The molecule has 1 fully saturated rings. The summed E-state index contributed by atoms with van der Waals surface area (Å²) in [5.41, 5.74) is 3.71. The summed E-state index contributed by atoms with van der Waals surface area (Å²) in [7, 11) is 0. The molecule has 3 atom stereocenters. The van der Waals surface area contributed by atoms with E-state index < -0.39 is 36.0 Å². The summed E-state index contributed by atoms with van der Waals surface area (Å²) in [6.45, 7) is 0.0305. The van der Waals surface area contributed by atoms with Gasteiger partial charge in [-0.1, -0.05) is 103 Å².